The Morgan fingerprint density at radius 3 is 2.59 bits per heavy atom. The summed E-state index contributed by atoms with van der Waals surface area (Å²) in [6.45, 7) is 2.21. The van der Waals surface area contributed by atoms with Crippen molar-refractivity contribution in [2.75, 3.05) is 5.32 Å². The second-order valence-electron chi connectivity index (χ2n) is 5.89. The lowest BCUT2D eigenvalue weighted by Crippen LogP contribution is -2.23. The Kier molecular flexibility index (Phi) is 4.06. The van der Waals surface area contributed by atoms with Crippen molar-refractivity contribution in [2.24, 2.45) is 0 Å². The van der Waals surface area contributed by atoms with Gasteiger partial charge in [0.25, 0.3) is 5.56 Å². The van der Waals surface area contributed by atoms with E-state index in [1.54, 1.807) is 28.7 Å². The van der Waals surface area contributed by atoms with Gasteiger partial charge >= 0.3 is 0 Å². The van der Waals surface area contributed by atoms with Gasteiger partial charge in [-0.25, -0.2) is 13.2 Å². The summed E-state index contributed by atoms with van der Waals surface area (Å²) in [5.41, 5.74) is 0.229. The van der Waals surface area contributed by atoms with Crippen LogP contribution in [0.15, 0.2) is 41.2 Å². The third kappa shape index (κ3) is 2.62. The Labute approximate surface area is 150 Å². The molecule has 0 saturated heterocycles. The van der Waals surface area contributed by atoms with Crippen molar-refractivity contribution in [1.82, 2.24) is 19.2 Å². The number of nitrogens with zero attached hydrogens (tertiary/aromatic N) is 4. The van der Waals surface area contributed by atoms with E-state index in [1.165, 1.54) is 4.57 Å². The number of aromatic nitrogens is 4. The van der Waals surface area contributed by atoms with Crippen molar-refractivity contribution in [2.45, 2.75) is 20.0 Å². The molecular weight excluding hydrogens is 359 g/mol. The van der Waals surface area contributed by atoms with Crippen molar-refractivity contribution in [3.8, 4) is 0 Å². The van der Waals surface area contributed by atoms with Gasteiger partial charge < -0.3 is 5.32 Å². The highest BCUT2D eigenvalue weighted by atomic mass is 19.2. The number of halogens is 3. The van der Waals surface area contributed by atoms with Crippen LogP contribution in [0.2, 0.25) is 0 Å². The van der Waals surface area contributed by atoms with Crippen LogP contribution in [0.4, 0.5) is 18.9 Å². The molecule has 0 unspecified atom stereocenters. The van der Waals surface area contributed by atoms with Crippen LogP contribution < -0.4 is 10.9 Å². The van der Waals surface area contributed by atoms with E-state index in [2.05, 4.69) is 15.5 Å². The number of aryl methyl sites for hydroxylation is 1. The summed E-state index contributed by atoms with van der Waals surface area (Å²) in [6, 6.07) is 8.95. The minimum atomic E-state index is -1.55. The molecule has 6 nitrogen and oxygen atoms in total. The number of benzene rings is 2. The summed E-state index contributed by atoms with van der Waals surface area (Å²) in [6.07, 6.45) is 0. The van der Waals surface area contributed by atoms with E-state index in [9.17, 15) is 18.0 Å². The molecular formula is C18H14F3N5O. The molecule has 27 heavy (non-hydrogen) atoms. The van der Waals surface area contributed by atoms with E-state index < -0.39 is 17.5 Å². The van der Waals surface area contributed by atoms with Crippen molar-refractivity contribution in [1.29, 1.82) is 0 Å². The molecule has 0 fully saturated rings. The largest absolute Gasteiger partial charge is 0.375 e. The van der Waals surface area contributed by atoms with Gasteiger partial charge in [0, 0.05) is 6.54 Å². The summed E-state index contributed by atoms with van der Waals surface area (Å²) in [5, 5.41) is 11.3. The molecule has 4 rings (SSSR count). The summed E-state index contributed by atoms with van der Waals surface area (Å²) >= 11 is 0. The summed E-state index contributed by atoms with van der Waals surface area (Å²) < 4.78 is 43.5. The number of para-hydroxylation sites is 1. The molecule has 0 spiro atoms. The van der Waals surface area contributed by atoms with E-state index >= 15 is 0 Å². The van der Waals surface area contributed by atoms with Gasteiger partial charge in [-0.15, -0.1) is 10.2 Å². The Morgan fingerprint density at radius 2 is 1.81 bits per heavy atom. The lowest BCUT2D eigenvalue weighted by molar-refractivity contribution is 0.449. The highest BCUT2D eigenvalue weighted by molar-refractivity contribution is 5.80. The zero-order valence-electron chi connectivity index (χ0n) is 14.2. The van der Waals surface area contributed by atoms with Crippen LogP contribution in [-0.4, -0.2) is 19.2 Å². The minimum Gasteiger partial charge on any atom is -0.375 e. The lowest BCUT2D eigenvalue weighted by atomic mass is 10.2. The fraction of sp³-hybridized carbons (Fsp3) is 0.167. The van der Waals surface area contributed by atoms with Gasteiger partial charge in [0.05, 0.1) is 23.1 Å². The maximum atomic E-state index is 13.9. The van der Waals surface area contributed by atoms with E-state index in [1.807, 2.05) is 6.92 Å². The molecule has 2 heterocycles. The Balaban J connectivity index is 1.83. The van der Waals surface area contributed by atoms with E-state index in [0.29, 0.717) is 29.0 Å². The average Bonchev–Trinajstić information content (AvgIpc) is 3.10. The number of hydrogen-bond acceptors (Lipinski definition) is 4. The normalized spacial score (nSPS) is 11.4. The summed E-state index contributed by atoms with van der Waals surface area (Å²) in [7, 11) is 0. The first kappa shape index (κ1) is 17.1. The van der Waals surface area contributed by atoms with Crippen LogP contribution in [0, 0.1) is 17.5 Å². The van der Waals surface area contributed by atoms with Gasteiger partial charge in [-0.1, -0.05) is 12.1 Å². The predicted molar refractivity (Wildman–Crippen MR) is 94.1 cm³/mol. The maximum Gasteiger partial charge on any atom is 0.262 e. The average molecular weight is 373 g/mol. The van der Waals surface area contributed by atoms with E-state index in [-0.39, 0.29) is 17.8 Å². The van der Waals surface area contributed by atoms with Gasteiger partial charge in [-0.05, 0) is 31.2 Å². The molecule has 1 N–H and O–H groups in total. The Bertz CT molecular complexity index is 1230. The van der Waals surface area contributed by atoms with Crippen LogP contribution in [0.3, 0.4) is 0 Å². The number of nitrogens with one attached hydrogen (secondary N) is 1. The molecule has 0 bridgehead atoms. The standard InChI is InChI=1S/C18H14F3N5O/c1-2-25-17(27)10-5-3-4-6-13(10)26-14(23-24-18(25)26)9-22-12-8-7-11(19)15(20)16(12)21/h3-8,22H,2,9H2,1H3. The fourth-order valence-electron chi connectivity index (χ4n) is 3.05. The van der Waals surface area contributed by atoms with Gasteiger partial charge in [-0.3, -0.25) is 13.8 Å². The van der Waals surface area contributed by atoms with Gasteiger partial charge in [0.1, 0.15) is 0 Å². The number of hydrogen-bond donors (Lipinski definition) is 1. The van der Waals surface area contributed by atoms with Gasteiger partial charge in [0.2, 0.25) is 5.78 Å². The Morgan fingerprint density at radius 1 is 1.04 bits per heavy atom. The van der Waals surface area contributed by atoms with Crippen molar-refractivity contribution in [3.05, 3.63) is 70.0 Å². The number of rotatable bonds is 4. The zero-order valence-corrected chi connectivity index (χ0v) is 14.2. The molecule has 138 valence electrons. The third-order valence-electron chi connectivity index (χ3n) is 4.36. The first-order chi connectivity index (χ1) is 13.0. The van der Waals surface area contributed by atoms with Crippen LogP contribution in [0.5, 0.6) is 0 Å². The predicted octanol–water partition coefficient (Wildman–Crippen LogP) is 3.09. The highest BCUT2D eigenvalue weighted by Crippen LogP contribution is 2.21. The van der Waals surface area contributed by atoms with E-state index in [4.69, 9.17) is 0 Å². The van der Waals surface area contributed by atoms with Gasteiger partial charge in [0.15, 0.2) is 23.3 Å². The SMILES string of the molecule is CCn1c(=O)c2ccccc2n2c(CNc3ccc(F)c(F)c3F)nnc12. The molecule has 0 aliphatic carbocycles. The smallest absolute Gasteiger partial charge is 0.262 e. The Hall–Kier alpha value is -3.36. The van der Waals surface area contributed by atoms with Gasteiger partial charge in [-0.2, -0.15) is 0 Å². The highest BCUT2D eigenvalue weighted by Gasteiger charge is 2.17. The molecule has 0 saturated carbocycles. The first-order valence-electron chi connectivity index (χ1n) is 8.25. The molecule has 0 aliphatic heterocycles. The molecule has 2 aromatic heterocycles. The zero-order chi connectivity index (χ0) is 19.1. The third-order valence-corrected chi connectivity index (χ3v) is 4.36. The second kappa shape index (κ2) is 6.42. The summed E-state index contributed by atoms with van der Waals surface area (Å²) in [5.74, 6) is -3.37. The molecule has 0 amide bonds. The van der Waals surface area contributed by atoms with E-state index in [0.717, 1.165) is 12.1 Å². The van der Waals surface area contributed by atoms with Crippen molar-refractivity contribution < 1.29 is 13.2 Å². The quantitative estimate of drug-likeness (QED) is 0.559. The van der Waals surface area contributed by atoms with Crippen molar-refractivity contribution in [3.63, 3.8) is 0 Å². The molecule has 0 atom stereocenters. The summed E-state index contributed by atoms with van der Waals surface area (Å²) in [4.78, 5) is 12.6. The first-order valence-corrected chi connectivity index (χ1v) is 8.25. The molecule has 4 aromatic rings. The molecule has 9 heteroatoms. The van der Waals surface area contributed by atoms with Crippen molar-refractivity contribution >= 4 is 22.4 Å². The van der Waals surface area contributed by atoms with Crippen LogP contribution >= 0.6 is 0 Å². The molecule has 0 radical (unpaired) electrons. The maximum absolute atomic E-state index is 13.9. The number of fused-ring (bicyclic) bond motifs is 3. The molecule has 2 aromatic carbocycles. The van der Waals surface area contributed by atoms with Crippen LogP contribution in [0.25, 0.3) is 16.7 Å². The van der Waals surface area contributed by atoms with Crippen LogP contribution in [0.1, 0.15) is 12.7 Å². The minimum absolute atomic E-state index is 0.00489. The number of anilines is 1. The van der Waals surface area contributed by atoms with Crippen LogP contribution in [-0.2, 0) is 13.1 Å². The second-order valence-corrected chi connectivity index (χ2v) is 5.89. The molecule has 0 aliphatic rings. The fourth-order valence-corrected chi connectivity index (χ4v) is 3.05. The lowest BCUT2D eigenvalue weighted by Gasteiger charge is -2.11. The monoisotopic (exact) mass is 373 g/mol. The topological polar surface area (TPSA) is 64.2 Å².